The Kier molecular flexibility index (Phi) is 5.27. The van der Waals surface area contributed by atoms with E-state index in [4.69, 9.17) is 11.2 Å². The zero-order valence-corrected chi connectivity index (χ0v) is 21.1. The largest absolute Gasteiger partial charge is 0.439 e. The molecular weight excluding hydrogens is 462 g/mol. The zero-order chi connectivity index (χ0) is 25.7. The van der Waals surface area contributed by atoms with E-state index in [1.54, 1.807) is 6.33 Å². The Hall–Kier alpha value is -4.90. The molecule has 5 heterocycles. The minimum atomic E-state index is 0.564. The molecule has 0 saturated carbocycles. The summed E-state index contributed by atoms with van der Waals surface area (Å²) in [6, 6.07) is 13.8. The van der Waals surface area contributed by atoms with Crippen LogP contribution in [-0.2, 0) is 13.6 Å². The van der Waals surface area contributed by atoms with Gasteiger partial charge in [-0.05, 0) is 42.3 Å². The maximum absolute atomic E-state index is 6.11. The van der Waals surface area contributed by atoms with Gasteiger partial charge in [-0.3, -0.25) is 0 Å². The maximum Gasteiger partial charge on any atom is 0.219 e. The van der Waals surface area contributed by atoms with Crippen molar-refractivity contribution in [2.75, 3.05) is 24.3 Å². The van der Waals surface area contributed by atoms with Gasteiger partial charge in [0, 0.05) is 62.5 Å². The number of nitrogens with one attached hydrogen (secondary N) is 1. The molecule has 0 unspecified atom stereocenters. The van der Waals surface area contributed by atoms with Gasteiger partial charge in [0.05, 0.1) is 11.1 Å². The van der Waals surface area contributed by atoms with Gasteiger partial charge in [0.1, 0.15) is 29.2 Å². The fraction of sp³-hybridized carbons (Fsp3) is 0.172. The van der Waals surface area contributed by atoms with E-state index in [9.17, 15) is 0 Å². The van der Waals surface area contributed by atoms with Crippen LogP contribution in [0, 0.1) is 19.3 Å². The van der Waals surface area contributed by atoms with E-state index in [-0.39, 0.29) is 0 Å². The van der Waals surface area contributed by atoms with Gasteiger partial charge in [-0.2, -0.15) is 0 Å². The van der Waals surface area contributed by atoms with Gasteiger partial charge in [-0.1, -0.05) is 18.1 Å². The molecule has 8 nitrogen and oxygen atoms in total. The lowest BCUT2D eigenvalue weighted by Crippen LogP contribution is -2.12. The molecule has 1 N–H and O–H groups in total. The van der Waals surface area contributed by atoms with Crippen molar-refractivity contribution < 1.29 is 4.74 Å². The molecule has 4 aromatic heterocycles. The number of fused-ring (bicyclic) bond motifs is 2. The monoisotopic (exact) mass is 487 g/mol. The Balaban J connectivity index is 1.59. The smallest absolute Gasteiger partial charge is 0.219 e. The molecule has 37 heavy (non-hydrogen) atoms. The third-order valence-corrected chi connectivity index (χ3v) is 6.61. The Bertz CT molecular complexity index is 1730. The second-order valence-electron chi connectivity index (χ2n) is 9.22. The van der Waals surface area contributed by atoms with Crippen molar-refractivity contribution in [3.8, 4) is 46.4 Å². The van der Waals surface area contributed by atoms with Crippen molar-refractivity contribution in [2.45, 2.75) is 13.5 Å². The lowest BCUT2D eigenvalue weighted by molar-refractivity contribution is 0.461. The maximum atomic E-state index is 6.11. The Morgan fingerprint density at radius 2 is 1.95 bits per heavy atom. The van der Waals surface area contributed by atoms with Crippen molar-refractivity contribution >= 4 is 22.5 Å². The molecule has 0 spiro atoms. The molecule has 0 atom stereocenters. The highest BCUT2D eigenvalue weighted by Crippen LogP contribution is 2.47. The van der Waals surface area contributed by atoms with Crippen LogP contribution in [0.5, 0.6) is 11.6 Å². The number of anilines is 2. The number of rotatable bonds is 4. The molecule has 0 bridgehead atoms. The van der Waals surface area contributed by atoms with Gasteiger partial charge in [-0.25, -0.2) is 19.9 Å². The SMILES string of the molecule is C#Cc1cc(N(C)C)c(-c2c3c4c(ncnc4n2C)NCc2cc(Oc4cccc(C)n4)ccc2-3)cn1. The van der Waals surface area contributed by atoms with E-state index >= 15 is 0 Å². The summed E-state index contributed by atoms with van der Waals surface area (Å²) < 4.78 is 8.21. The minimum Gasteiger partial charge on any atom is -0.439 e. The third-order valence-electron chi connectivity index (χ3n) is 6.61. The summed E-state index contributed by atoms with van der Waals surface area (Å²) in [7, 11) is 6.03. The van der Waals surface area contributed by atoms with Gasteiger partial charge >= 0.3 is 0 Å². The summed E-state index contributed by atoms with van der Waals surface area (Å²) in [6.45, 7) is 2.54. The van der Waals surface area contributed by atoms with Gasteiger partial charge in [0.25, 0.3) is 0 Å². The fourth-order valence-electron chi connectivity index (χ4n) is 4.94. The lowest BCUT2D eigenvalue weighted by Gasteiger charge is -2.20. The molecule has 182 valence electrons. The van der Waals surface area contributed by atoms with E-state index in [0.717, 1.165) is 61.9 Å². The van der Waals surface area contributed by atoms with Crippen LogP contribution in [0.15, 0.2) is 55.0 Å². The van der Waals surface area contributed by atoms with Gasteiger partial charge in [-0.15, -0.1) is 6.42 Å². The number of pyridine rings is 2. The molecule has 0 fully saturated rings. The predicted molar refractivity (Wildman–Crippen MR) is 146 cm³/mol. The molecule has 5 aromatic rings. The molecule has 1 aromatic carbocycles. The predicted octanol–water partition coefficient (Wildman–Crippen LogP) is 5.17. The third kappa shape index (κ3) is 3.72. The van der Waals surface area contributed by atoms with Crippen LogP contribution in [0.1, 0.15) is 17.0 Å². The number of hydrogen-bond acceptors (Lipinski definition) is 7. The summed E-state index contributed by atoms with van der Waals surface area (Å²) in [6.07, 6.45) is 9.11. The van der Waals surface area contributed by atoms with Crippen LogP contribution in [0.3, 0.4) is 0 Å². The standard InChI is InChI=1S/C29H25N7O/c1-6-19-13-23(35(3)4)22(15-30-19)27-25-21-11-10-20(37-24-9-7-8-17(2)34-24)12-18(21)14-31-28-26(25)29(36(27)5)33-16-32-28/h1,7-13,15-16H,14H2,2-5H3,(H,31,32,33). The lowest BCUT2D eigenvalue weighted by atomic mass is 9.95. The van der Waals surface area contributed by atoms with E-state index < -0.39 is 0 Å². The van der Waals surface area contributed by atoms with Gasteiger partial charge in [0.15, 0.2) is 0 Å². The molecule has 8 heteroatoms. The van der Waals surface area contributed by atoms with Gasteiger partial charge < -0.3 is 19.5 Å². The quantitative estimate of drug-likeness (QED) is 0.351. The van der Waals surface area contributed by atoms with E-state index in [1.165, 1.54) is 0 Å². The van der Waals surface area contributed by atoms with Crippen LogP contribution in [0.2, 0.25) is 0 Å². The summed E-state index contributed by atoms with van der Waals surface area (Å²) in [5, 5.41) is 4.48. The number of hydrogen-bond donors (Lipinski definition) is 1. The summed E-state index contributed by atoms with van der Waals surface area (Å²) in [4.78, 5) is 20.3. The molecule has 0 amide bonds. The molecule has 1 aliphatic rings. The number of ether oxygens (including phenoxy) is 1. The average Bonchev–Trinajstić information content (AvgIpc) is 3.09. The van der Waals surface area contributed by atoms with Crippen LogP contribution in [0.25, 0.3) is 33.4 Å². The summed E-state index contributed by atoms with van der Waals surface area (Å²) in [5.41, 5.74) is 8.47. The first kappa shape index (κ1) is 22.6. The van der Waals surface area contributed by atoms with E-state index in [0.29, 0.717) is 18.1 Å². The van der Waals surface area contributed by atoms with Crippen molar-refractivity contribution in [1.82, 2.24) is 24.5 Å². The topological polar surface area (TPSA) is 81.0 Å². The first-order valence-corrected chi connectivity index (χ1v) is 11.9. The van der Waals surface area contributed by atoms with Crippen LogP contribution >= 0.6 is 0 Å². The Morgan fingerprint density at radius 1 is 1.08 bits per heavy atom. The molecular formula is C29H25N7O. The zero-order valence-electron chi connectivity index (χ0n) is 21.1. The fourth-order valence-corrected chi connectivity index (χ4v) is 4.94. The highest BCUT2D eigenvalue weighted by Gasteiger charge is 2.28. The van der Waals surface area contributed by atoms with Crippen LogP contribution in [-0.4, -0.2) is 38.6 Å². The first-order chi connectivity index (χ1) is 17.9. The Morgan fingerprint density at radius 3 is 2.73 bits per heavy atom. The number of terminal acetylenes is 1. The number of aromatic nitrogens is 5. The van der Waals surface area contributed by atoms with Crippen LogP contribution < -0.4 is 15.0 Å². The Labute approximate surface area is 215 Å². The highest BCUT2D eigenvalue weighted by atomic mass is 16.5. The van der Waals surface area contributed by atoms with Crippen molar-refractivity contribution in [3.05, 3.63) is 71.9 Å². The second-order valence-corrected chi connectivity index (χ2v) is 9.22. The summed E-state index contributed by atoms with van der Waals surface area (Å²) in [5.74, 6) is 4.73. The summed E-state index contributed by atoms with van der Waals surface area (Å²) >= 11 is 0. The molecule has 0 radical (unpaired) electrons. The van der Waals surface area contributed by atoms with Gasteiger partial charge in [0.2, 0.25) is 5.88 Å². The average molecular weight is 488 g/mol. The number of nitrogens with zero attached hydrogens (tertiary/aromatic N) is 6. The number of benzene rings is 1. The van der Waals surface area contributed by atoms with Crippen molar-refractivity contribution in [3.63, 3.8) is 0 Å². The first-order valence-electron chi connectivity index (χ1n) is 11.9. The number of aryl methyl sites for hydroxylation is 2. The van der Waals surface area contributed by atoms with E-state index in [2.05, 4.69) is 52.8 Å². The normalized spacial score (nSPS) is 11.9. The molecule has 1 aliphatic heterocycles. The second kappa shape index (κ2) is 8.64. The van der Waals surface area contributed by atoms with E-state index in [1.807, 2.05) is 64.6 Å². The van der Waals surface area contributed by atoms with Crippen molar-refractivity contribution in [1.29, 1.82) is 0 Å². The molecule has 0 saturated heterocycles. The molecule has 0 aliphatic carbocycles. The highest BCUT2D eigenvalue weighted by molar-refractivity contribution is 6.10. The minimum absolute atomic E-state index is 0.564. The van der Waals surface area contributed by atoms with Crippen molar-refractivity contribution in [2.24, 2.45) is 7.05 Å². The van der Waals surface area contributed by atoms with Crippen LogP contribution in [0.4, 0.5) is 11.5 Å². The molecule has 6 rings (SSSR count).